The molecule has 0 saturated heterocycles. The number of hydrogen-bond donors (Lipinski definition) is 1. The number of halogens is 2. The lowest BCUT2D eigenvalue weighted by Gasteiger charge is -2.21. The maximum absolute atomic E-state index is 13.4. The number of nitrogens with one attached hydrogen (secondary N) is 1. The van der Waals surface area contributed by atoms with Gasteiger partial charge in [-0.05, 0) is 59.0 Å². The molecule has 44 heavy (non-hydrogen) atoms. The molecule has 0 radical (unpaired) electrons. The Kier molecular flexibility index (Phi) is 10.2. The summed E-state index contributed by atoms with van der Waals surface area (Å²) in [7, 11) is 0. The Bertz CT molecular complexity index is 1860. The molecule has 2 heterocycles. The average molecular weight is 630 g/mol. The highest BCUT2D eigenvalue weighted by Crippen LogP contribution is 2.24. The summed E-state index contributed by atoms with van der Waals surface area (Å²) >= 11 is 7.29. The van der Waals surface area contributed by atoms with Crippen LogP contribution in [-0.2, 0) is 30.1 Å². The van der Waals surface area contributed by atoms with Gasteiger partial charge in [0.05, 0.1) is 0 Å². The van der Waals surface area contributed by atoms with Crippen LogP contribution >= 0.6 is 23.4 Å². The molecule has 11 heteroatoms. The van der Waals surface area contributed by atoms with Crippen molar-refractivity contribution in [3.8, 4) is 11.1 Å². The number of hydrogen-bond acceptors (Lipinski definition) is 7. The standard InChI is InChI=1S/C33H29ClFN5O3S/c1-2-39-18-24(17-37-32(39)43)15-27-19-40(33(38-31(27)42)44-21-23-5-13-29(35)14-6-23)30(20-41)36-16-22-3-7-25(8-4-22)26-9-11-28(34)12-10-26/h3-14,17-20,30,36H,2,15-16,21H2,1H3. The Hall–Kier alpha value is -4.38. The van der Waals surface area contributed by atoms with E-state index in [9.17, 15) is 18.8 Å². The lowest BCUT2D eigenvalue weighted by Crippen LogP contribution is -2.31. The van der Waals surface area contributed by atoms with Gasteiger partial charge in [-0.2, -0.15) is 4.98 Å². The van der Waals surface area contributed by atoms with Crippen LogP contribution in [0.5, 0.6) is 0 Å². The number of thioether (sulfide) groups is 1. The minimum atomic E-state index is -0.837. The molecule has 0 bridgehead atoms. The second kappa shape index (κ2) is 14.4. The molecule has 0 spiro atoms. The Morgan fingerprint density at radius 2 is 1.59 bits per heavy atom. The third-order valence-corrected chi connectivity index (χ3v) is 8.28. The number of carbonyl (C=O) groups is 1. The van der Waals surface area contributed by atoms with Gasteiger partial charge in [-0.15, -0.1) is 0 Å². The van der Waals surface area contributed by atoms with Crippen molar-refractivity contribution in [2.45, 2.75) is 43.5 Å². The minimum Gasteiger partial charge on any atom is -0.304 e. The van der Waals surface area contributed by atoms with Crippen LogP contribution in [0.2, 0.25) is 5.02 Å². The Balaban J connectivity index is 1.40. The van der Waals surface area contributed by atoms with Gasteiger partial charge in [-0.3, -0.25) is 19.5 Å². The quantitative estimate of drug-likeness (QED) is 0.108. The maximum atomic E-state index is 13.4. The molecule has 1 N–H and O–H groups in total. The zero-order valence-corrected chi connectivity index (χ0v) is 25.4. The van der Waals surface area contributed by atoms with Gasteiger partial charge in [-0.1, -0.05) is 71.9 Å². The molecule has 0 aliphatic carbocycles. The van der Waals surface area contributed by atoms with Gasteiger partial charge in [0.15, 0.2) is 11.4 Å². The van der Waals surface area contributed by atoms with E-state index in [4.69, 9.17) is 11.6 Å². The maximum Gasteiger partial charge on any atom is 0.347 e. The van der Waals surface area contributed by atoms with Gasteiger partial charge in [-0.25, -0.2) is 14.2 Å². The predicted molar refractivity (Wildman–Crippen MR) is 170 cm³/mol. The number of carbonyl (C=O) groups excluding carboxylic acids is 1. The van der Waals surface area contributed by atoms with Gasteiger partial charge >= 0.3 is 5.69 Å². The highest BCUT2D eigenvalue weighted by atomic mass is 35.5. The molecule has 224 valence electrons. The summed E-state index contributed by atoms with van der Waals surface area (Å²) in [6.07, 6.45) is 4.84. The molecule has 0 fully saturated rings. The topological polar surface area (TPSA) is 98.9 Å². The van der Waals surface area contributed by atoms with Gasteiger partial charge in [0.2, 0.25) is 0 Å². The smallest absolute Gasteiger partial charge is 0.304 e. The fraction of sp³-hybridized carbons (Fsp3) is 0.182. The van der Waals surface area contributed by atoms with Crippen LogP contribution in [0.15, 0.2) is 106 Å². The van der Waals surface area contributed by atoms with Crippen molar-refractivity contribution in [2.75, 3.05) is 0 Å². The van der Waals surface area contributed by atoms with E-state index in [1.807, 2.05) is 55.5 Å². The second-order valence-electron chi connectivity index (χ2n) is 10.0. The van der Waals surface area contributed by atoms with E-state index < -0.39 is 11.7 Å². The van der Waals surface area contributed by atoms with Crippen LogP contribution in [0.3, 0.4) is 0 Å². The van der Waals surface area contributed by atoms with Gasteiger partial charge in [0.1, 0.15) is 12.0 Å². The third kappa shape index (κ3) is 7.76. The molecule has 0 aliphatic heterocycles. The van der Waals surface area contributed by atoms with Crippen LogP contribution < -0.4 is 16.6 Å². The lowest BCUT2D eigenvalue weighted by atomic mass is 10.0. The van der Waals surface area contributed by atoms with E-state index in [1.165, 1.54) is 34.7 Å². The molecular formula is C33H29ClFN5O3S. The molecule has 0 aliphatic rings. The number of benzene rings is 3. The van der Waals surface area contributed by atoms with Crippen LogP contribution in [-0.4, -0.2) is 25.4 Å². The average Bonchev–Trinajstić information content (AvgIpc) is 3.04. The molecular weight excluding hydrogens is 601 g/mol. The zero-order valence-electron chi connectivity index (χ0n) is 23.8. The van der Waals surface area contributed by atoms with Crippen molar-refractivity contribution in [3.63, 3.8) is 0 Å². The lowest BCUT2D eigenvalue weighted by molar-refractivity contribution is -0.111. The molecule has 1 unspecified atom stereocenters. The predicted octanol–water partition coefficient (Wildman–Crippen LogP) is 5.65. The van der Waals surface area contributed by atoms with Crippen molar-refractivity contribution < 1.29 is 9.18 Å². The summed E-state index contributed by atoms with van der Waals surface area (Å²) in [5.41, 5.74) is 4.07. The number of aldehydes is 1. The van der Waals surface area contributed by atoms with E-state index in [1.54, 1.807) is 29.1 Å². The summed E-state index contributed by atoms with van der Waals surface area (Å²) in [5.74, 6) is 0.0725. The molecule has 1 atom stereocenters. The Morgan fingerprint density at radius 3 is 2.25 bits per heavy atom. The summed E-state index contributed by atoms with van der Waals surface area (Å²) in [4.78, 5) is 45.8. The summed E-state index contributed by atoms with van der Waals surface area (Å²) in [6.45, 7) is 2.65. The molecule has 5 rings (SSSR count). The van der Waals surface area contributed by atoms with Crippen molar-refractivity contribution in [1.29, 1.82) is 0 Å². The van der Waals surface area contributed by atoms with E-state index in [0.717, 1.165) is 28.5 Å². The van der Waals surface area contributed by atoms with Crippen molar-refractivity contribution in [3.05, 3.63) is 145 Å². The second-order valence-corrected chi connectivity index (χ2v) is 11.4. The first kappa shape index (κ1) is 31.1. The SMILES string of the molecule is CCn1cc(Cc2cn(C(C=O)NCc3ccc(-c4ccc(Cl)cc4)cc3)c(SCc3ccc(F)cc3)nc2=O)cnc1=O. The molecule has 0 saturated carbocycles. The molecule has 0 amide bonds. The first-order chi connectivity index (χ1) is 21.3. The summed E-state index contributed by atoms with van der Waals surface area (Å²) < 4.78 is 16.5. The fourth-order valence-corrected chi connectivity index (χ4v) is 5.66. The number of aryl methyl sites for hydroxylation is 1. The van der Waals surface area contributed by atoms with Crippen LogP contribution in [0, 0.1) is 5.82 Å². The fourth-order valence-electron chi connectivity index (χ4n) is 4.58. The Labute approximate surface area is 262 Å². The van der Waals surface area contributed by atoms with E-state index in [2.05, 4.69) is 15.3 Å². The molecule has 3 aromatic carbocycles. The van der Waals surface area contributed by atoms with E-state index >= 15 is 0 Å². The van der Waals surface area contributed by atoms with Crippen LogP contribution in [0.4, 0.5) is 4.39 Å². The Morgan fingerprint density at radius 1 is 0.932 bits per heavy atom. The highest BCUT2D eigenvalue weighted by Gasteiger charge is 2.18. The molecule has 2 aromatic heterocycles. The van der Waals surface area contributed by atoms with Crippen molar-refractivity contribution in [1.82, 2.24) is 24.4 Å². The van der Waals surface area contributed by atoms with Crippen LogP contribution in [0.25, 0.3) is 11.1 Å². The number of nitrogens with zero attached hydrogens (tertiary/aromatic N) is 4. The first-order valence-corrected chi connectivity index (χ1v) is 15.3. The third-order valence-electron chi connectivity index (χ3n) is 6.99. The van der Waals surface area contributed by atoms with E-state index in [-0.39, 0.29) is 17.9 Å². The normalized spacial score (nSPS) is 11.8. The molecule has 5 aromatic rings. The monoisotopic (exact) mass is 629 g/mol. The van der Waals surface area contributed by atoms with Crippen molar-refractivity contribution >= 4 is 29.6 Å². The van der Waals surface area contributed by atoms with Crippen LogP contribution in [0.1, 0.15) is 35.3 Å². The minimum absolute atomic E-state index is 0.180. The van der Waals surface area contributed by atoms with E-state index in [0.29, 0.717) is 40.1 Å². The number of aromatic nitrogens is 4. The van der Waals surface area contributed by atoms with Gasteiger partial charge in [0.25, 0.3) is 5.56 Å². The largest absolute Gasteiger partial charge is 0.347 e. The summed E-state index contributed by atoms with van der Waals surface area (Å²) in [6, 6.07) is 21.6. The zero-order chi connectivity index (χ0) is 31.1. The van der Waals surface area contributed by atoms with Crippen molar-refractivity contribution in [2.24, 2.45) is 0 Å². The molecule has 8 nitrogen and oxygen atoms in total. The highest BCUT2D eigenvalue weighted by molar-refractivity contribution is 7.98. The van der Waals surface area contributed by atoms with Gasteiger partial charge in [0, 0.05) is 54.4 Å². The van der Waals surface area contributed by atoms with Gasteiger partial charge < -0.3 is 4.57 Å². The first-order valence-electron chi connectivity index (χ1n) is 13.9. The number of rotatable bonds is 12. The summed E-state index contributed by atoms with van der Waals surface area (Å²) in [5, 5.41) is 4.27.